The Morgan fingerprint density at radius 3 is 2.33 bits per heavy atom. The number of likely N-dealkylation sites (tertiary alicyclic amines) is 1. The van der Waals surface area contributed by atoms with Gasteiger partial charge in [-0.1, -0.05) is 6.07 Å². The molecule has 0 bridgehead atoms. The minimum atomic E-state index is 0.108. The first-order chi connectivity index (χ1) is 11.5. The molecule has 6 heteroatoms. The van der Waals surface area contributed by atoms with Crippen molar-refractivity contribution in [2.75, 3.05) is 63.6 Å². The third-order valence-corrected chi connectivity index (χ3v) is 5.21. The van der Waals surface area contributed by atoms with Crippen molar-refractivity contribution < 1.29 is 4.79 Å². The molecule has 1 N–H and O–H groups in total. The Bertz CT molecular complexity index is 575. The highest BCUT2D eigenvalue weighted by Crippen LogP contribution is 2.23. The van der Waals surface area contributed by atoms with Gasteiger partial charge < -0.3 is 20.0 Å². The zero-order chi connectivity index (χ0) is 17.1. The number of anilines is 2. The van der Waals surface area contributed by atoms with Crippen LogP contribution in [0, 0.1) is 12.8 Å². The van der Waals surface area contributed by atoms with Crippen molar-refractivity contribution in [3.05, 3.63) is 17.7 Å². The summed E-state index contributed by atoms with van der Waals surface area (Å²) in [5.41, 5.74) is 1.16. The molecule has 3 heterocycles. The molecule has 0 atom stereocenters. The van der Waals surface area contributed by atoms with Crippen molar-refractivity contribution in [1.29, 1.82) is 0 Å². The molecule has 1 aromatic rings. The highest BCUT2D eigenvalue weighted by atomic mass is 16.1. The fraction of sp³-hybridized carbons (Fsp3) is 0.667. The Morgan fingerprint density at radius 2 is 1.67 bits per heavy atom. The Hall–Kier alpha value is -1.66. The molecular weight excluding hydrogens is 302 g/mol. The zero-order valence-electron chi connectivity index (χ0n) is 15.1. The third kappa shape index (κ3) is 4.05. The Balaban J connectivity index is 1.66. The van der Waals surface area contributed by atoms with Gasteiger partial charge in [0, 0.05) is 32.1 Å². The van der Waals surface area contributed by atoms with Crippen LogP contribution in [0.3, 0.4) is 0 Å². The van der Waals surface area contributed by atoms with Gasteiger partial charge in [0.15, 0.2) is 0 Å². The number of nitrogens with zero attached hydrogens (tertiary/aromatic N) is 4. The van der Waals surface area contributed by atoms with Gasteiger partial charge in [-0.05, 0) is 58.6 Å². The summed E-state index contributed by atoms with van der Waals surface area (Å²) in [6.07, 6.45) is 1.86. The van der Waals surface area contributed by atoms with E-state index in [1.807, 2.05) is 6.07 Å². The molecule has 0 radical (unpaired) electrons. The monoisotopic (exact) mass is 331 g/mol. The lowest BCUT2D eigenvalue weighted by molar-refractivity contribution is -0.121. The number of pyridine rings is 1. The number of carbonyl (C=O) groups excluding carboxylic acids is 1. The van der Waals surface area contributed by atoms with E-state index >= 15 is 0 Å². The van der Waals surface area contributed by atoms with E-state index < -0.39 is 0 Å². The van der Waals surface area contributed by atoms with E-state index in [0.29, 0.717) is 5.82 Å². The van der Waals surface area contributed by atoms with Crippen LogP contribution in [0.1, 0.15) is 18.4 Å². The largest absolute Gasteiger partial charge is 0.354 e. The van der Waals surface area contributed by atoms with Crippen LogP contribution < -0.4 is 10.2 Å². The first-order valence-electron chi connectivity index (χ1n) is 8.93. The Labute approximate surface area is 144 Å². The average Bonchev–Trinajstić information content (AvgIpc) is 2.58. The molecule has 3 rings (SSSR count). The van der Waals surface area contributed by atoms with Crippen molar-refractivity contribution in [3.63, 3.8) is 0 Å². The minimum Gasteiger partial charge on any atom is -0.354 e. The van der Waals surface area contributed by atoms with Gasteiger partial charge in [0.25, 0.3) is 0 Å². The van der Waals surface area contributed by atoms with Gasteiger partial charge in [0.2, 0.25) is 5.91 Å². The summed E-state index contributed by atoms with van der Waals surface area (Å²) in [5.74, 6) is 1.91. The lowest BCUT2D eigenvalue weighted by Crippen LogP contribution is -2.45. The molecule has 1 aromatic heterocycles. The molecular formula is C18H29N5O. The maximum Gasteiger partial charge on any atom is 0.228 e. The second-order valence-electron chi connectivity index (χ2n) is 7.19. The third-order valence-electron chi connectivity index (χ3n) is 5.21. The van der Waals surface area contributed by atoms with Gasteiger partial charge in [-0.15, -0.1) is 0 Å². The number of aryl methyl sites for hydroxylation is 1. The molecule has 0 spiro atoms. The van der Waals surface area contributed by atoms with Gasteiger partial charge in [0.1, 0.15) is 11.6 Å². The van der Waals surface area contributed by atoms with Crippen LogP contribution >= 0.6 is 0 Å². The minimum absolute atomic E-state index is 0.108. The van der Waals surface area contributed by atoms with E-state index in [0.717, 1.165) is 63.5 Å². The van der Waals surface area contributed by atoms with Crippen LogP contribution in [-0.4, -0.2) is 74.1 Å². The molecule has 132 valence electrons. The summed E-state index contributed by atoms with van der Waals surface area (Å²) in [4.78, 5) is 24.2. The van der Waals surface area contributed by atoms with Crippen LogP contribution in [0.5, 0.6) is 0 Å². The van der Waals surface area contributed by atoms with Crippen LogP contribution in [0.2, 0.25) is 0 Å². The number of carbonyl (C=O) groups is 1. The number of piperidine rings is 1. The second kappa shape index (κ2) is 7.49. The summed E-state index contributed by atoms with van der Waals surface area (Å²) >= 11 is 0. The zero-order valence-corrected chi connectivity index (χ0v) is 15.1. The predicted molar refractivity (Wildman–Crippen MR) is 97.5 cm³/mol. The normalized spacial score (nSPS) is 21.0. The predicted octanol–water partition coefficient (Wildman–Crippen LogP) is 1.42. The molecule has 0 aliphatic carbocycles. The smallest absolute Gasteiger partial charge is 0.228 e. The van der Waals surface area contributed by atoms with E-state index in [1.165, 1.54) is 0 Å². The summed E-state index contributed by atoms with van der Waals surface area (Å²) in [6.45, 7) is 8.13. The van der Waals surface area contributed by atoms with E-state index in [1.54, 1.807) is 0 Å². The Morgan fingerprint density at radius 1 is 1.04 bits per heavy atom. The number of hydrogen-bond donors (Lipinski definition) is 1. The first kappa shape index (κ1) is 17.2. The first-order valence-corrected chi connectivity index (χ1v) is 8.93. The maximum absolute atomic E-state index is 12.5. The van der Waals surface area contributed by atoms with Crippen molar-refractivity contribution in [2.45, 2.75) is 19.8 Å². The van der Waals surface area contributed by atoms with Crippen LogP contribution in [0.4, 0.5) is 11.6 Å². The number of likely N-dealkylation sites (N-methyl/N-ethyl adjacent to an activating group) is 1. The van der Waals surface area contributed by atoms with Gasteiger partial charge in [-0.3, -0.25) is 4.79 Å². The molecule has 2 aliphatic heterocycles. The highest BCUT2D eigenvalue weighted by molar-refractivity contribution is 5.92. The SMILES string of the molecule is Cc1ccc(NC(=O)C2CCN(C)CC2)nc1N1CCN(C)CC1. The van der Waals surface area contributed by atoms with Gasteiger partial charge in [0.05, 0.1) is 0 Å². The molecule has 2 fully saturated rings. The summed E-state index contributed by atoms with van der Waals surface area (Å²) in [7, 11) is 4.26. The molecule has 24 heavy (non-hydrogen) atoms. The molecule has 2 saturated heterocycles. The van der Waals surface area contributed by atoms with E-state index in [2.05, 4.69) is 47.1 Å². The van der Waals surface area contributed by atoms with E-state index in [-0.39, 0.29) is 11.8 Å². The average molecular weight is 331 g/mol. The molecule has 0 unspecified atom stereocenters. The Kier molecular flexibility index (Phi) is 5.36. The standard InChI is InChI=1S/C18H29N5O/c1-14-4-5-16(19-17(14)23-12-10-22(3)11-13-23)20-18(24)15-6-8-21(2)9-7-15/h4-5,15H,6-13H2,1-3H3,(H,19,20,24). The number of aromatic nitrogens is 1. The van der Waals surface area contributed by atoms with Crippen LogP contribution in [-0.2, 0) is 4.79 Å². The molecule has 6 nitrogen and oxygen atoms in total. The summed E-state index contributed by atoms with van der Waals surface area (Å²) < 4.78 is 0. The summed E-state index contributed by atoms with van der Waals surface area (Å²) in [5, 5.41) is 3.04. The van der Waals surface area contributed by atoms with Gasteiger partial charge >= 0.3 is 0 Å². The lowest BCUT2D eigenvalue weighted by Gasteiger charge is -2.34. The van der Waals surface area contributed by atoms with E-state index in [4.69, 9.17) is 4.98 Å². The number of amides is 1. The van der Waals surface area contributed by atoms with Crippen molar-refractivity contribution in [3.8, 4) is 0 Å². The van der Waals surface area contributed by atoms with Crippen LogP contribution in [0.15, 0.2) is 12.1 Å². The topological polar surface area (TPSA) is 51.7 Å². The summed E-state index contributed by atoms with van der Waals surface area (Å²) in [6, 6.07) is 3.98. The number of piperazine rings is 1. The fourth-order valence-corrected chi connectivity index (χ4v) is 3.43. The fourth-order valence-electron chi connectivity index (χ4n) is 3.43. The molecule has 1 amide bonds. The molecule has 0 aromatic carbocycles. The number of hydrogen-bond acceptors (Lipinski definition) is 5. The van der Waals surface area contributed by atoms with Crippen LogP contribution in [0.25, 0.3) is 0 Å². The molecule has 2 aliphatic rings. The number of nitrogens with one attached hydrogen (secondary N) is 1. The quantitative estimate of drug-likeness (QED) is 0.908. The maximum atomic E-state index is 12.5. The number of rotatable bonds is 3. The second-order valence-corrected chi connectivity index (χ2v) is 7.19. The van der Waals surface area contributed by atoms with Gasteiger partial charge in [-0.25, -0.2) is 4.98 Å². The van der Waals surface area contributed by atoms with E-state index in [9.17, 15) is 4.79 Å². The lowest BCUT2D eigenvalue weighted by atomic mass is 9.96. The highest BCUT2D eigenvalue weighted by Gasteiger charge is 2.24. The van der Waals surface area contributed by atoms with Gasteiger partial charge in [-0.2, -0.15) is 0 Å². The molecule has 0 saturated carbocycles. The van der Waals surface area contributed by atoms with Crippen molar-refractivity contribution >= 4 is 17.5 Å². The van der Waals surface area contributed by atoms with Crippen molar-refractivity contribution in [1.82, 2.24) is 14.8 Å². The van der Waals surface area contributed by atoms with Crippen molar-refractivity contribution in [2.24, 2.45) is 5.92 Å².